The Morgan fingerprint density at radius 3 is 2.15 bits per heavy atom. The Kier molecular flexibility index (Phi) is 5.14. The van der Waals surface area contributed by atoms with Crippen molar-refractivity contribution in [3.05, 3.63) is 143 Å². The zero-order chi connectivity index (χ0) is 22.2. The molecule has 1 saturated heterocycles. The van der Waals surface area contributed by atoms with Gasteiger partial charge in [0, 0.05) is 12.0 Å². The van der Waals surface area contributed by atoms with Crippen molar-refractivity contribution in [2.75, 3.05) is 0 Å². The Balaban J connectivity index is 1.55. The molecule has 2 heterocycles. The molecule has 0 bridgehead atoms. The van der Waals surface area contributed by atoms with E-state index in [0.29, 0.717) is 0 Å². The highest BCUT2D eigenvalue weighted by molar-refractivity contribution is 6.11. The third-order valence-electron chi connectivity index (χ3n) is 6.94. The summed E-state index contributed by atoms with van der Waals surface area (Å²) >= 11 is 0. The summed E-state index contributed by atoms with van der Waals surface area (Å²) in [6.07, 6.45) is 6.62. The third kappa shape index (κ3) is 3.50. The largest absolute Gasteiger partial charge is 0.387 e. The number of allylic oxidation sites excluding steroid dienone is 4. The Labute approximate surface area is 194 Å². The van der Waals surface area contributed by atoms with Gasteiger partial charge in [0.25, 0.3) is 0 Å². The molecule has 0 radical (unpaired) electrons. The fourth-order valence-electron chi connectivity index (χ4n) is 5.43. The molecule has 2 N–H and O–H groups in total. The number of aliphatic hydroxyl groups is 1. The van der Waals surface area contributed by atoms with Gasteiger partial charge < -0.3 is 5.11 Å². The molecule has 3 aromatic carbocycles. The summed E-state index contributed by atoms with van der Waals surface area (Å²) in [5.74, 6) is -0.00693. The normalized spacial score (nSPS) is 24.6. The number of hydrogen-bond donors (Lipinski definition) is 2. The topological polar surface area (TPSA) is 44.6 Å². The third-order valence-corrected chi connectivity index (χ3v) is 6.94. The Bertz CT molecular complexity index is 1270. The van der Waals surface area contributed by atoms with Gasteiger partial charge in [-0.25, -0.2) is 0 Å². The van der Waals surface area contributed by atoms with Crippen LogP contribution in [0.1, 0.15) is 41.2 Å². The van der Waals surface area contributed by atoms with Gasteiger partial charge in [-0.05, 0) is 40.3 Å². The van der Waals surface area contributed by atoms with Gasteiger partial charge in [0.05, 0.1) is 23.6 Å². The van der Waals surface area contributed by atoms with Crippen LogP contribution in [-0.4, -0.2) is 16.9 Å². The van der Waals surface area contributed by atoms with E-state index in [1.54, 1.807) is 0 Å². The van der Waals surface area contributed by atoms with Crippen molar-refractivity contribution in [2.24, 2.45) is 4.99 Å². The van der Waals surface area contributed by atoms with E-state index in [1.807, 2.05) is 42.5 Å². The highest BCUT2D eigenvalue weighted by atomic mass is 16.3. The predicted molar refractivity (Wildman–Crippen MR) is 133 cm³/mol. The van der Waals surface area contributed by atoms with E-state index in [-0.39, 0.29) is 18.0 Å². The van der Waals surface area contributed by atoms with Crippen LogP contribution in [0.2, 0.25) is 0 Å². The minimum absolute atomic E-state index is 0.00693. The summed E-state index contributed by atoms with van der Waals surface area (Å²) in [7, 11) is 0. The first-order chi connectivity index (χ1) is 16.3. The van der Waals surface area contributed by atoms with Crippen LogP contribution in [-0.2, 0) is 0 Å². The Morgan fingerprint density at radius 1 is 0.818 bits per heavy atom. The van der Waals surface area contributed by atoms with Crippen LogP contribution in [0.15, 0.2) is 131 Å². The smallest absolute Gasteiger partial charge is 0.0952 e. The van der Waals surface area contributed by atoms with Crippen molar-refractivity contribution in [1.29, 1.82) is 0 Å². The molecule has 0 aromatic heterocycles. The molecule has 1 fully saturated rings. The zero-order valence-electron chi connectivity index (χ0n) is 18.3. The van der Waals surface area contributed by atoms with Crippen LogP contribution in [0.4, 0.5) is 0 Å². The number of aliphatic hydroxyl groups excluding tert-OH is 1. The molecule has 2 aliphatic heterocycles. The number of nitrogens with one attached hydrogen (secondary N) is 1. The lowest BCUT2D eigenvalue weighted by Crippen LogP contribution is -2.50. The quantitative estimate of drug-likeness (QED) is 0.548. The van der Waals surface area contributed by atoms with Crippen molar-refractivity contribution < 1.29 is 5.11 Å². The fraction of sp³-hybridized carbons (Fsp3) is 0.167. The van der Waals surface area contributed by atoms with E-state index in [4.69, 9.17) is 4.99 Å². The van der Waals surface area contributed by atoms with Gasteiger partial charge in [-0.1, -0.05) is 103 Å². The van der Waals surface area contributed by atoms with Crippen LogP contribution in [0, 0.1) is 0 Å². The van der Waals surface area contributed by atoms with Gasteiger partial charge in [-0.15, -0.1) is 0 Å². The molecule has 3 nitrogen and oxygen atoms in total. The number of piperidine rings is 1. The maximum absolute atomic E-state index is 11.7. The summed E-state index contributed by atoms with van der Waals surface area (Å²) in [6.45, 7) is 0. The van der Waals surface area contributed by atoms with Crippen molar-refractivity contribution in [1.82, 2.24) is 5.32 Å². The molecule has 3 aromatic rings. The van der Waals surface area contributed by atoms with Crippen LogP contribution in [0.5, 0.6) is 0 Å². The van der Waals surface area contributed by atoms with Gasteiger partial charge in [0.15, 0.2) is 0 Å². The van der Waals surface area contributed by atoms with E-state index in [1.165, 1.54) is 22.3 Å². The molecule has 1 aliphatic carbocycles. The highest BCUT2D eigenvalue weighted by Gasteiger charge is 2.46. The number of benzene rings is 3. The van der Waals surface area contributed by atoms with Crippen LogP contribution in [0.3, 0.4) is 0 Å². The average molecular weight is 431 g/mol. The Hall–Kier alpha value is -3.53. The first-order valence-corrected chi connectivity index (χ1v) is 11.6. The average Bonchev–Trinajstić information content (AvgIpc) is 3.28. The number of aliphatic imine (C=N–C) groups is 1. The van der Waals surface area contributed by atoms with Crippen molar-refractivity contribution in [2.45, 2.75) is 30.5 Å². The summed E-state index contributed by atoms with van der Waals surface area (Å²) in [5, 5.41) is 15.5. The molecule has 3 aliphatic rings. The number of rotatable bonds is 4. The van der Waals surface area contributed by atoms with Crippen molar-refractivity contribution in [3.8, 4) is 0 Å². The molecule has 4 atom stereocenters. The molecule has 0 spiro atoms. The van der Waals surface area contributed by atoms with E-state index in [2.05, 4.69) is 72.1 Å². The number of nitrogens with zero attached hydrogens (tertiary/aromatic N) is 1. The predicted octanol–water partition coefficient (Wildman–Crippen LogP) is 5.81. The first-order valence-electron chi connectivity index (χ1n) is 11.6. The second-order valence-electron chi connectivity index (χ2n) is 8.85. The lowest BCUT2D eigenvalue weighted by molar-refractivity contribution is 0.114. The minimum atomic E-state index is -0.663. The summed E-state index contributed by atoms with van der Waals surface area (Å²) < 4.78 is 0. The summed E-state index contributed by atoms with van der Waals surface area (Å²) in [6, 6.07) is 30.7. The van der Waals surface area contributed by atoms with E-state index < -0.39 is 6.10 Å². The van der Waals surface area contributed by atoms with Gasteiger partial charge in [-0.3, -0.25) is 10.3 Å². The molecule has 3 heteroatoms. The monoisotopic (exact) mass is 430 g/mol. The molecule has 0 unspecified atom stereocenters. The zero-order valence-corrected chi connectivity index (χ0v) is 18.3. The van der Waals surface area contributed by atoms with E-state index in [0.717, 1.165) is 23.4 Å². The summed E-state index contributed by atoms with van der Waals surface area (Å²) in [4.78, 5) is 5.14. The Morgan fingerprint density at radius 2 is 1.45 bits per heavy atom. The van der Waals surface area contributed by atoms with Crippen LogP contribution < -0.4 is 5.32 Å². The molecule has 33 heavy (non-hydrogen) atoms. The molecule has 0 saturated carbocycles. The first kappa shape index (κ1) is 20.1. The standard InChI is InChI=1S/C30H26N2O/c33-30(22-16-8-3-9-17-22)29-25(20-12-4-1-5-13-20)26-23-18-10-11-19-24(23)31-28(26)27(32-29)21-14-6-2-7-15-21/h1-17,19,25,27,29-30,32-33H,18H2/t25-,27+,29+,30+/m1/s1. The molecule has 6 rings (SSSR count). The van der Waals surface area contributed by atoms with E-state index >= 15 is 0 Å². The number of fused-ring (bicyclic) bond motifs is 2. The maximum atomic E-state index is 11.7. The fourth-order valence-corrected chi connectivity index (χ4v) is 5.43. The molecular formula is C30H26N2O. The second-order valence-corrected chi connectivity index (χ2v) is 8.85. The van der Waals surface area contributed by atoms with Gasteiger partial charge in [0.2, 0.25) is 0 Å². The van der Waals surface area contributed by atoms with E-state index in [9.17, 15) is 5.11 Å². The lowest BCUT2D eigenvalue weighted by Gasteiger charge is -2.42. The molecule has 162 valence electrons. The minimum Gasteiger partial charge on any atom is -0.387 e. The second kappa shape index (κ2) is 8.43. The summed E-state index contributed by atoms with van der Waals surface area (Å²) in [5.41, 5.74) is 7.97. The van der Waals surface area contributed by atoms with Crippen molar-refractivity contribution in [3.63, 3.8) is 0 Å². The lowest BCUT2D eigenvalue weighted by atomic mass is 9.72. The molecule has 0 amide bonds. The van der Waals surface area contributed by atoms with Gasteiger partial charge >= 0.3 is 0 Å². The van der Waals surface area contributed by atoms with Crippen LogP contribution >= 0.6 is 0 Å². The maximum Gasteiger partial charge on any atom is 0.0952 e. The van der Waals surface area contributed by atoms with Gasteiger partial charge in [-0.2, -0.15) is 0 Å². The van der Waals surface area contributed by atoms with Crippen molar-refractivity contribution >= 4 is 5.71 Å². The van der Waals surface area contributed by atoms with Crippen LogP contribution in [0.25, 0.3) is 0 Å². The van der Waals surface area contributed by atoms with Gasteiger partial charge in [0.1, 0.15) is 0 Å². The highest BCUT2D eigenvalue weighted by Crippen LogP contribution is 2.48. The molecular weight excluding hydrogens is 404 g/mol. The number of hydrogen-bond acceptors (Lipinski definition) is 3. The SMILES string of the molecule is O[C@@H](c1ccccc1)[C@H]1N[C@@H](c2ccccc2)C2=NC3=CC=CCC3=C2[C@H]1c1ccccc1.